The normalized spacial score (nSPS) is 20.0. The van der Waals surface area contributed by atoms with Gasteiger partial charge in [0.25, 0.3) is 0 Å². The van der Waals surface area contributed by atoms with Crippen molar-refractivity contribution in [3.8, 4) is 0 Å². The molecular formula is C11H22N2O. The van der Waals surface area contributed by atoms with Gasteiger partial charge in [-0.2, -0.15) is 0 Å². The third-order valence-corrected chi connectivity index (χ3v) is 2.82. The summed E-state index contributed by atoms with van der Waals surface area (Å²) in [5.74, 6) is 0.624. The summed E-state index contributed by atoms with van der Waals surface area (Å²) < 4.78 is 0. The van der Waals surface area contributed by atoms with E-state index in [0.717, 1.165) is 19.4 Å². The number of carbonyl (C=O) groups excluding carboxylic acids is 1. The van der Waals surface area contributed by atoms with Gasteiger partial charge in [0.1, 0.15) is 0 Å². The molecule has 3 N–H and O–H groups in total. The van der Waals surface area contributed by atoms with E-state index in [-0.39, 0.29) is 11.4 Å². The van der Waals surface area contributed by atoms with E-state index < -0.39 is 0 Å². The van der Waals surface area contributed by atoms with Gasteiger partial charge in [-0.3, -0.25) is 4.79 Å². The summed E-state index contributed by atoms with van der Waals surface area (Å²) in [6.45, 7) is 4.94. The van der Waals surface area contributed by atoms with Gasteiger partial charge in [0.05, 0.1) is 0 Å². The molecule has 0 heterocycles. The molecule has 1 saturated carbocycles. The topological polar surface area (TPSA) is 55.1 Å². The third kappa shape index (κ3) is 3.66. The maximum absolute atomic E-state index is 11.5. The minimum atomic E-state index is -0.207. The van der Waals surface area contributed by atoms with Gasteiger partial charge in [0.15, 0.2) is 0 Å². The highest BCUT2D eigenvalue weighted by atomic mass is 16.1. The molecule has 0 bridgehead atoms. The van der Waals surface area contributed by atoms with Gasteiger partial charge >= 0.3 is 0 Å². The van der Waals surface area contributed by atoms with E-state index in [2.05, 4.69) is 19.2 Å². The van der Waals surface area contributed by atoms with E-state index in [1.807, 2.05) is 0 Å². The lowest BCUT2D eigenvalue weighted by atomic mass is 9.94. The quantitative estimate of drug-likeness (QED) is 0.718. The van der Waals surface area contributed by atoms with Gasteiger partial charge in [-0.15, -0.1) is 0 Å². The lowest BCUT2D eigenvalue weighted by molar-refractivity contribution is -0.122. The summed E-state index contributed by atoms with van der Waals surface area (Å²) >= 11 is 0. The smallest absolute Gasteiger partial charge is 0.221 e. The number of nitrogens with one attached hydrogen (secondary N) is 1. The first-order chi connectivity index (χ1) is 6.52. The molecular weight excluding hydrogens is 176 g/mol. The van der Waals surface area contributed by atoms with Gasteiger partial charge in [0.2, 0.25) is 5.91 Å². The first-order valence-corrected chi connectivity index (χ1v) is 5.57. The fraction of sp³-hybridized carbons (Fsp3) is 0.909. The Morgan fingerprint density at radius 1 is 1.43 bits per heavy atom. The van der Waals surface area contributed by atoms with Gasteiger partial charge in [0, 0.05) is 18.5 Å². The van der Waals surface area contributed by atoms with Crippen molar-refractivity contribution in [1.82, 2.24) is 5.32 Å². The van der Waals surface area contributed by atoms with E-state index in [4.69, 9.17) is 5.73 Å². The summed E-state index contributed by atoms with van der Waals surface area (Å²) in [4.78, 5) is 11.5. The molecule has 14 heavy (non-hydrogen) atoms. The zero-order valence-corrected chi connectivity index (χ0v) is 9.31. The van der Waals surface area contributed by atoms with Crippen molar-refractivity contribution in [3.63, 3.8) is 0 Å². The molecule has 0 aromatic carbocycles. The molecule has 0 atom stereocenters. The van der Waals surface area contributed by atoms with E-state index in [9.17, 15) is 4.79 Å². The summed E-state index contributed by atoms with van der Waals surface area (Å²) in [5.41, 5.74) is 5.90. The molecule has 0 aromatic heterocycles. The van der Waals surface area contributed by atoms with Gasteiger partial charge in [-0.25, -0.2) is 0 Å². The molecule has 3 nitrogen and oxygen atoms in total. The molecule has 3 heteroatoms. The second kappa shape index (κ2) is 4.78. The lowest BCUT2D eigenvalue weighted by Gasteiger charge is -2.22. The molecule has 1 aliphatic rings. The van der Waals surface area contributed by atoms with Crippen LogP contribution in [0.5, 0.6) is 0 Å². The highest BCUT2D eigenvalue weighted by Crippen LogP contribution is 2.29. The summed E-state index contributed by atoms with van der Waals surface area (Å²) in [7, 11) is 0. The molecule has 1 amide bonds. The molecule has 0 aromatic rings. The Hall–Kier alpha value is -0.570. The zero-order chi connectivity index (χ0) is 10.6. The third-order valence-electron chi connectivity index (χ3n) is 2.82. The first kappa shape index (κ1) is 11.5. The van der Waals surface area contributed by atoms with Crippen molar-refractivity contribution >= 4 is 5.91 Å². The number of nitrogens with two attached hydrogens (primary N) is 1. The van der Waals surface area contributed by atoms with Gasteiger partial charge in [-0.05, 0) is 18.8 Å². The van der Waals surface area contributed by atoms with E-state index in [0.29, 0.717) is 12.3 Å². The van der Waals surface area contributed by atoms with Crippen molar-refractivity contribution in [2.75, 3.05) is 6.54 Å². The molecule has 0 unspecified atom stereocenters. The maximum atomic E-state index is 11.5. The Kier molecular flexibility index (Phi) is 3.93. The van der Waals surface area contributed by atoms with Crippen molar-refractivity contribution in [3.05, 3.63) is 0 Å². The Morgan fingerprint density at radius 2 is 2.00 bits per heavy atom. The predicted molar refractivity (Wildman–Crippen MR) is 57.9 cm³/mol. The first-order valence-electron chi connectivity index (χ1n) is 5.57. The van der Waals surface area contributed by atoms with Crippen LogP contribution in [0.4, 0.5) is 0 Å². The molecule has 0 aliphatic heterocycles. The lowest BCUT2D eigenvalue weighted by Crippen LogP contribution is -2.42. The Morgan fingerprint density at radius 3 is 2.50 bits per heavy atom. The van der Waals surface area contributed by atoms with Gasteiger partial charge in [-0.1, -0.05) is 26.7 Å². The molecule has 1 fully saturated rings. The van der Waals surface area contributed by atoms with E-state index >= 15 is 0 Å². The van der Waals surface area contributed by atoms with E-state index in [1.165, 1.54) is 12.8 Å². The Bertz CT molecular complexity index is 195. The van der Waals surface area contributed by atoms with Crippen molar-refractivity contribution in [2.45, 2.75) is 51.5 Å². The van der Waals surface area contributed by atoms with Crippen LogP contribution in [-0.2, 0) is 4.79 Å². The maximum Gasteiger partial charge on any atom is 0.221 e. The highest BCUT2D eigenvalue weighted by molar-refractivity contribution is 5.77. The van der Waals surface area contributed by atoms with Crippen LogP contribution in [-0.4, -0.2) is 18.0 Å². The number of rotatable bonds is 4. The van der Waals surface area contributed by atoms with Crippen LogP contribution in [0.15, 0.2) is 0 Å². The van der Waals surface area contributed by atoms with E-state index in [1.54, 1.807) is 0 Å². The van der Waals surface area contributed by atoms with Crippen LogP contribution < -0.4 is 11.1 Å². The fourth-order valence-electron chi connectivity index (χ4n) is 1.96. The predicted octanol–water partition coefficient (Wildman–Crippen LogP) is 1.42. The SMILES string of the molecule is CC(C)CNC(=O)CC1(N)CCCC1. The summed E-state index contributed by atoms with van der Waals surface area (Å²) in [6, 6.07) is 0. The standard InChI is InChI=1S/C11H22N2O/c1-9(2)8-13-10(14)7-11(12)5-3-4-6-11/h9H,3-8,12H2,1-2H3,(H,13,14). The molecule has 82 valence electrons. The van der Waals surface area contributed by atoms with Crippen molar-refractivity contribution in [2.24, 2.45) is 11.7 Å². The van der Waals surface area contributed by atoms with Crippen LogP contribution >= 0.6 is 0 Å². The monoisotopic (exact) mass is 198 g/mol. The van der Waals surface area contributed by atoms with Crippen LogP contribution in [0, 0.1) is 5.92 Å². The largest absolute Gasteiger partial charge is 0.356 e. The van der Waals surface area contributed by atoms with Crippen LogP contribution in [0.1, 0.15) is 46.0 Å². The number of carbonyl (C=O) groups is 1. The number of amides is 1. The summed E-state index contributed by atoms with van der Waals surface area (Å²) in [5, 5.41) is 2.92. The Labute approximate surface area is 86.4 Å². The number of hydrogen-bond acceptors (Lipinski definition) is 2. The highest BCUT2D eigenvalue weighted by Gasteiger charge is 2.31. The average molecular weight is 198 g/mol. The minimum absolute atomic E-state index is 0.114. The second-order valence-electron chi connectivity index (χ2n) is 4.94. The van der Waals surface area contributed by atoms with Gasteiger partial charge < -0.3 is 11.1 Å². The minimum Gasteiger partial charge on any atom is -0.356 e. The molecule has 1 rings (SSSR count). The molecule has 1 aliphatic carbocycles. The second-order valence-corrected chi connectivity index (χ2v) is 4.94. The number of hydrogen-bond donors (Lipinski definition) is 2. The van der Waals surface area contributed by atoms with Crippen molar-refractivity contribution < 1.29 is 4.79 Å². The van der Waals surface area contributed by atoms with Crippen LogP contribution in [0.3, 0.4) is 0 Å². The molecule has 0 saturated heterocycles. The molecule has 0 radical (unpaired) electrons. The van der Waals surface area contributed by atoms with Crippen LogP contribution in [0.2, 0.25) is 0 Å². The van der Waals surface area contributed by atoms with Crippen LogP contribution in [0.25, 0.3) is 0 Å². The molecule has 0 spiro atoms. The zero-order valence-electron chi connectivity index (χ0n) is 9.31. The fourth-order valence-corrected chi connectivity index (χ4v) is 1.96. The van der Waals surface area contributed by atoms with Crippen molar-refractivity contribution in [1.29, 1.82) is 0 Å². The summed E-state index contributed by atoms with van der Waals surface area (Å²) in [6.07, 6.45) is 4.85. The Balaban J connectivity index is 2.25. The average Bonchev–Trinajstić information content (AvgIpc) is 2.48.